The Morgan fingerprint density at radius 2 is 1.96 bits per heavy atom. The van der Waals surface area contributed by atoms with Gasteiger partial charge in [0.15, 0.2) is 20.7 Å². The molecule has 0 saturated heterocycles. The maximum Gasteiger partial charge on any atom is 0.282 e. The van der Waals surface area contributed by atoms with Crippen molar-refractivity contribution < 1.29 is 17.2 Å². The minimum atomic E-state index is -3.46. The second-order valence-corrected chi connectivity index (χ2v) is 7.57. The van der Waals surface area contributed by atoms with Crippen molar-refractivity contribution in [1.29, 1.82) is 0 Å². The third-order valence-corrected chi connectivity index (χ3v) is 4.88. The van der Waals surface area contributed by atoms with Gasteiger partial charge in [0.1, 0.15) is 5.69 Å². The molecule has 0 aromatic carbocycles. The van der Waals surface area contributed by atoms with Gasteiger partial charge >= 0.3 is 0 Å². The van der Waals surface area contributed by atoms with Crippen molar-refractivity contribution in [3.63, 3.8) is 0 Å². The van der Waals surface area contributed by atoms with Crippen LogP contribution >= 0.6 is 0 Å². The zero-order chi connectivity index (χ0) is 16.6. The summed E-state index contributed by atoms with van der Waals surface area (Å²) in [6.45, 7) is 0. The fourth-order valence-corrected chi connectivity index (χ4v) is 3.27. The maximum absolute atomic E-state index is 13.2. The monoisotopic (exact) mass is 341 g/mol. The van der Waals surface area contributed by atoms with Crippen LogP contribution in [0.5, 0.6) is 0 Å². The fourth-order valence-electron chi connectivity index (χ4n) is 2.77. The molecule has 2 heterocycles. The molecular weight excluding hydrogens is 326 g/mol. The van der Waals surface area contributed by atoms with Crippen LogP contribution in [-0.2, 0) is 9.84 Å². The summed E-state index contributed by atoms with van der Waals surface area (Å²) in [4.78, 5) is 0. The summed E-state index contributed by atoms with van der Waals surface area (Å²) in [7, 11) is -3.46. The van der Waals surface area contributed by atoms with Crippen LogP contribution in [0.4, 0.5) is 8.78 Å². The third kappa shape index (κ3) is 3.24. The maximum atomic E-state index is 13.2. The molecule has 0 bridgehead atoms. The van der Waals surface area contributed by atoms with Crippen molar-refractivity contribution in [2.75, 3.05) is 6.26 Å². The number of sulfone groups is 1. The molecule has 0 amide bonds. The molecule has 1 aliphatic rings. The van der Waals surface area contributed by atoms with Crippen LogP contribution in [0.25, 0.3) is 5.82 Å². The average molecular weight is 341 g/mol. The van der Waals surface area contributed by atoms with E-state index in [0.29, 0.717) is 5.56 Å². The minimum Gasteiger partial charge on any atom is -0.222 e. The number of hydrogen-bond acceptors (Lipinski definition) is 5. The molecule has 1 saturated carbocycles. The molecule has 2 aromatic heterocycles. The minimum absolute atomic E-state index is 0.0380. The van der Waals surface area contributed by atoms with E-state index in [2.05, 4.69) is 21.5 Å². The first-order chi connectivity index (χ1) is 10.9. The Morgan fingerprint density at radius 3 is 2.48 bits per heavy atom. The molecule has 6 nitrogen and oxygen atoms in total. The van der Waals surface area contributed by atoms with Gasteiger partial charge in [0, 0.05) is 11.8 Å². The molecule has 9 heteroatoms. The van der Waals surface area contributed by atoms with Crippen LogP contribution in [0.3, 0.4) is 0 Å². The summed E-state index contributed by atoms with van der Waals surface area (Å²) in [6.07, 6.45) is 4.90. The number of alkyl halides is 2. The van der Waals surface area contributed by atoms with Gasteiger partial charge in [0.05, 0.1) is 6.20 Å². The van der Waals surface area contributed by atoms with Crippen LogP contribution < -0.4 is 0 Å². The molecule has 1 radical (unpaired) electrons. The zero-order valence-electron chi connectivity index (χ0n) is 12.4. The molecule has 0 spiro atoms. The normalized spacial score (nSPS) is 16.3. The van der Waals surface area contributed by atoms with Crippen molar-refractivity contribution in [3.8, 4) is 5.82 Å². The SMILES string of the molecule is CS(=O)(=O)c1ccc(-n2[c]c(C3CCCC3)c(C(F)F)n2)nn1. The standard InChI is InChI=1S/C14H15F2N4O2S/c1-23(21,22)12-7-6-11(17-18-12)20-8-10(9-4-2-3-5-9)13(19-20)14(15)16/h6-7,9,14H,2-5H2,1H3. The topological polar surface area (TPSA) is 77.7 Å². The Bertz CT molecular complexity index is 797. The highest BCUT2D eigenvalue weighted by Gasteiger charge is 2.28. The van der Waals surface area contributed by atoms with Crippen LogP contribution in [0, 0.1) is 6.20 Å². The van der Waals surface area contributed by atoms with Gasteiger partial charge < -0.3 is 0 Å². The van der Waals surface area contributed by atoms with E-state index in [1.165, 1.54) is 12.1 Å². The summed E-state index contributed by atoms with van der Waals surface area (Å²) in [5, 5.41) is 11.0. The molecule has 1 aliphatic carbocycles. The lowest BCUT2D eigenvalue weighted by molar-refractivity contribution is 0.144. The fraction of sp³-hybridized carbons (Fsp3) is 0.500. The van der Waals surface area contributed by atoms with Gasteiger partial charge in [-0.25, -0.2) is 21.9 Å². The Hall–Kier alpha value is -1.90. The van der Waals surface area contributed by atoms with E-state index < -0.39 is 16.3 Å². The molecule has 0 atom stereocenters. The van der Waals surface area contributed by atoms with Gasteiger partial charge in [0.25, 0.3) is 6.43 Å². The zero-order valence-corrected chi connectivity index (χ0v) is 13.2. The van der Waals surface area contributed by atoms with Crippen molar-refractivity contribution in [2.24, 2.45) is 0 Å². The molecule has 1 fully saturated rings. The van der Waals surface area contributed by atoms with Gasteiger partial charge in [-0.15, -0.1) is 10.2 Å². The second kappa shape index (κ2) is 5.95. The second-order valence-electron chi connectivity index (χ2n) is 5.61. The summed E-state index contributed by atoms with van der Waals surface area (Å²) < 4.78 is 50.3. The average Bonchev–Trinajstić information content (AvgIpc) is 3.15. The van der Waals surface area contributed by atoms with E-state index in [1.54, 1.807) is 0 Å². The molecule has 123 valence electrons. The Labute approximate surface area is 132 Å². The lowest BCUT2D eigenvalue weighted by Gasteiger charge is -2.07. The summed E-state index contributed by atoms with van der Waals surface area (Å²) in [6, 6.07) is 2.64. The molecule has 3 rings (SSSR count). The Balaban J connectivity index is 1.98. The number of rotatable bonds is 4. The van der Waals surface area contributed by atoms with Crippen molar-refractivity contribution >= 4 is 9.84 Å². The van der Waals surface area contributed by atoms with Gasteiger partial charge in [-0.3, -0.25) is 0 Å². The Kier molecular flexibility index (Phi) is 4.13. The first-order valence-corrected chi connectivity index (χ1v) is 9.10. The smallest absolute Gasteiger partial charge is 0.222 e. The van der Waals surface area contributed by atoms with Crippen LogP contribution in [0.2, 0.25) is 0 Å². The molecular formula is C14H15F2N4O2S. The highest BCUT2D eigenvalue weighted by molar-refractivity contribution is 7.90. The predicted octanol–water partition coefficient (Wildman–Crippen LogP) is 2.46. The molecule has 2 aromatic rings. The van der Waals surface area contributed by atoms with Gasteiger partial charge in [0.2, 0.25) is 0 Å². The molecule has 23 heavy (non-hydrogen) atoms. The van der Waals surface area contributed by atoms with E-state index in [1.807, 2.05) is 0 Å². The summed E-state index contributed by atoms with van der Waals surface area (Å²) in [5.41, 5.74) is 0.136. The quantitative estimate of drug-likeness (QED) is 0.854. The van der Waals surface area contributed by atoms with E-state index in [4.69, 9.17) is 0 Å². The Morgan fingerprint density at radius 1 is 1.26 bits per heavy atom. The van der Waals surface area contributed by atoms with E-state index in [0.717, 1.165) is 36.6 Å². The number of hydrogen-bond donors (Lipinski definition) is 0. The van der Waals surface area contributed by atoms with E-state index >= 15 is 0 Å². The highest BCUT2D eigenvalue weighted by atomic mass is 32.2. The van der Waals surface area contributed by atoms with Crippen molar-refractivity contribution in [1.82, 2.24) is 20.0 Å². The summed E-state index contributed by atoms with van der Waals surface area (Å²) >= 11 is 0. The van der Waals surface area contributed by atoms with Crippen molar-refractivity contribution in [2.45, 2.75) is 43.1 Å². The summed E-state index contributed by atoms with van der Waals surface area (Å²) in [5.74, 6) is 0.194. The van der Waals surface area contributed by atoms with Gasteiger partial charge in [-0.05, 0) is 30.9 Å². The van der Waals surface area contributed by atoms with Crippen LogP contribution in [0.15, 0.2) is 17.2 Å². The third-order valence-electron chi connectivity index (χ3n) is 3.90. The predicted molar refractivity (Wildman–Crippen MR) is 77.3 cm³/mol. The largest absolute Gasteiger partial charge is 0.282 e. The number of aromatic nitrogens is 4. The lowest BCUT2D eigenvalue weighted by atomic mass is 9.98. The first-order valence-electron chi connectivity index (χ1n) is 7.20. The highest BCUT2D eigenvalue weighted by Crippen LogP contribution is 2.38. The first kappa shape index (κ1) is 16.0. The van der Waals surface area contributed by atoms with Gasteiger partial charge in [-0.2, -0.15) is 5.10 Å². The molecule has 0 N–H and O–H groups in total. The van der Waals surface area contributed by atoms with Crippen molar-refractivity contribution in [3.05, 3.63) is 29.6 Å². The van der Waals surface area contributed by atoms with Crippen LogP contribution in [-0.4, -0.2) is 34.7 Å². The number of halogens is 2. The van der Waals surface area contributed by atoms with Gasteiger partial charge in [-0.1, -0.05) is 12.8 Å². The lowest BCUT2D eigenvalue weighted by Crippen LogP contribution is -2.06. The molecule has 0 aliphatic heterocycles. The van der Waals surface area contributed by atoms with Crippen LogP contribution in [0.1, 0.15) is 49.3 Å². The van der Waals surface area contributed by atoms with E-state index in [-0.39, 0.29) is 22.5 Å². The number of nitrogens with zero attached hydrogens (tertiary/aromatic N) is 4. The van der Waals surface area contributed by atoms with E-state index in [9.17, 15) is 17.2 Å². The molecule has 0 unspecified atom stereocenters.